The summed E-state index contributed by atoms with van der Waals surface area (Å²) in [4.78, 5) is 14.5. The molecular formula is C14H20N4O4. The third kappa shape index (κ3) is 5.41. The Hall–Kier alpha value is -2.60. The van der Waals surface area contributed by atoms with Gasteiger partial charge in [-0.3, -0.25) is 5.32 Å². The Morgan fingerprint density at radius 1 is 1.45 bits per heavy atom. The van der Waals surface area contributed by atoms with Crippen LogP contribution < -0.4 is 10.1 Å². The van der Waals surface area contributed by atoms with Crippen LogP contribution in [0.25, 0.3) is 10.4 Å². The molecule has 1 aromatic rings. The molecule has 0 saturated heterocycles. The summed E-state index contributed by atoms with van der Waals surface area (Å²) in [5.74, 6) is 0.0189. The van der Waals surface area contributed by atoms with Crippen molar-refractivity contribution in [3.05, 3.63) is 28.1 Å². The van der Waals surface area contributed by atoms with E-state index in [0.717, 1.165) is 5.56 Å². The molecule has 0 atom stereocenters. The molecule has 0 bridgehead atoms. The molecule has 0 saturated carbocycles. The first kappa shape index (κ1) is 17.5. The number of hydrogen-bond donors (Lipinski definition) is 2. The van der Waals surface area contributed by atoms with E-state index in [4.69, 9.17) is 15.0 Å². The average Bonchev–Trinajstić information content (AvgIpc) is 2.40. The van der Waals surface area contributed by atoms with Crippen LogP contribution in [0.3, 0.4) is 0 Å². The number of nitrogens with one attached hydrogen (secondary N) is 1. The van der Waals surface area contributed by atoms with Crippen molar-refractivity contribution in [2.45, 2.75) is 32.8 Å². The van der Waals surface area contributed by atoms with Gasteiger partial charge in [-0.25, -0.2) is 4.79 Å². The number of rotatable bonds is 5. The van der Waals surface area contributed by atoms with Crippen LogP contribution in [0.1, 0.15) is 26.3 Å². The van der Waals surface area contributed by atoms with Gasteiger partial charge in [0, 0.05) is 11.5 Å². The molecule has 0 aliphatic heterocycles. The molecule has 0 aliphatic rings. The van der Waals surface area contributed by atoms with Crippen LogP contribution in [0, 0.1) is 0 Å². The SMILES string of the molecule is COc1cc(CCN=[N+]=[N-])cc(NC(=O)OC(C)(C)C)c1O. The Kier molecular flexibility index (Phi) is 5.89. The number of aromatic hydroxyl groups is 1. The van der Waals surface area contributed by atoms with Gasteiger partial charge in [0.15, 0.2) is 11.5 Å². The highest BCUT2D eigenvalue weighted by Gasteiger charge is 2.19. The van der Waals surface area contributed by atoms with Gasteiger partial charge in [0.1, 0.15) is 5.60 Å². The summed E-state index contributed by atoms with van der Waals surface area (Å²) >= 11 is 0. The Morgan fingerprint density at radius 3 is 2.68 bits per heavy atom. The molecule has 0 aliphatic carbocycles. The van der Waals surface area contributed by atoms with Gasteiger partial charge in [0.25, 0.3) is 0 Å². The fraction of sp³-hybridized carbons (Fsp3) is 0.500. The van der Waals surface area contributed by atoms with E-state index in [1.165, 1.54) is 7.11 Å². The largest absolute Gasteiger partial charge is 0.503 e. The number of phenols is 1. The van der Waals surface area contributed by atoms with E-state index in [9.17, 15) is 9.90 Å². The normalized spacial score (nSPS) is 10.5. The predicted octanol–water partition coefficient (Wildman–Crippen LogP) is 3.60. The monoisotopic (exact) mass is 308 g/mol. The number of methoxy groups -OCH3 is 1. The number of amides is 1. The molecule has 22 heavy (non-hydrogen) atoms. The van der Waals surface area contributed by atoms with E-state index < -0.39 is 11.7 Å². The Bertz CT molecular complexity index is 589. The molecule has 1 amide bonds. The zero-order chi connectivity index (χ0) is 16.8. The standard InChI is InChI=1S/C14H20N4O4/c1-14(2,3)22-13(20)17-10-7-9(5-6-16-18-15)8-11(21-4)12(10)19/h7-8,19H,5-6H2,1-4H3,(H,17,20). The van der Waals surface area contributed by atoms with Crippen LogP contribution >= 0.6 is 0 Å². The number of nitrogens with zero attached hydrogens (tertiary/aromatic N) is 3. The second-order valence-electron chi connectivity index (χ2n) is 5.53. The highest BCUT2D eigenvalue weighted by molar-refractivity contribution is 5.88. The minimum absolute atomic E-state index is 0.171. The minimum Gasteiger partial charge on any atom is -0.503 e. The fourth-order valence-corrected chi connectivity index (χ4v) is 1.70. The number of phenolic OH excluding ortho intramolecular Hbond substituents is 1. The van der Waals surface area contributed by atoms with Crippen LogP contribution in [0.5, 0.6) is 11.5 Å². The lowest BCUT2D eigenvalue weighted by molar-refractivity contribution is 0.0635. The van der Waals surface area contributed by atoms with Crippen molar-refractivity contribution in [2.75, 3.05) is 19.0 Å². The summed E-state index contributed by atoms with van der Waals surface area (Å²) in [6.07, 6.45) is -0.235. The number of benzene rings is 1. The molecule has 0 fully saturated rings. The molecule has 8 heteroatoms. The maximum absolute atomic E-state index is 11.8. The number of carbonyl (C=O) groups excluding carboxylic acids is 1. The molecule has 0 aromatic heterocycles. The first-order chi connectivity index (χ1) is 10.3. The fourth-order valence-electron chi connectivity index (χ4n) is 1.70. The molecule has 8 nitrogen and oxygen atoms in total. The molecule has 0 unspecified atom stereocenters. The van der Waals surface area contributed by atoms with Crippen LogP contribution in [0.4, 0.5) is 10.5 Å². The van der Waals surface area contributed by atoms with Crippen molar-refractivity contribution in [1.82, 2.24) is 0 Å². The van der Waals surface area contributed by atoms with Crippen molar-refractivity contribution in [3.8, 4) is 11.5 Å². The van der Waals surface area contributed by atoms with E-state index in [0.29, 0.717) is 6.42 Å². The van der Waals surface area contributed by atoms with Gasteiger partial charge >= 0.3 is 6.09 Å². The number of carbonyl (C=O) groups is 1. The minimum atomic E-state index is -0.683. The topological polar surface area (TPSA) is 117 Å². The quantitative estimate of drug-likeness (QED) is 0.374. The third-order valence-corrected chi connectivity index (χ3v) is 2.55. The highest BCUT2D eigenvalue weighted by Crippen LogP contribution is 2.36. The van der Waals surface area contributed by atoms with Crippen LogP contribution in [-0.2, 0) is 11.2 Å². The van der Waals surface area contributed by atoms with Crippen LogP contribution in [0.2, 0.25) is 0 Å². The van der Waals surface area contributed by atoms with Gasteiger partial charge in [0.2, 0.25) is 0 Å². The summed E-state index contributed by atoms with van der Waals surface area (Å²) in [6, 6.07) is 3.19. The molecular weight excluding hydrogens is 288 g/mol. The van der Waals surface area contributed by atoms with Gasteiger partial charge in [0.05, 0.1) is 12.8 Å². The molecule has 2 N–H and O–H groups in total. The van der Waals surface area contributed by atoms with E-state index in [-0.39, 0.29) is 23.7 Å². The zero-order valence-corrected chi connectivity index (χ0v) is 13.1. The summed E-state index contributed by atoms with van der Waals surface area (Å²) < 4.78 is 10.2. The number of ether oxygens (including phenoxy) is 2. The van der Waals surface area contributed by atoms with E-state index >= 15 is 0 Å². The maximum Gasteiger partial charge on any atom is 0.412 e. The van der Waals surface area contributed by atoms with Crippen molar-refractivity contribution in [3.63, 3.8) is 0 Å². The summed E-state index contributed by atoms with van der Waals surface area (Å²) in [5, 5.41) is 16.0. The Labute approximate surface area is 128 Å². The molecule has 0 heterocycles. The Morgan fingerprint density at radius 2 is 2.14 bits per heavy atom. The van der Waals surface area contributed by atoms with E-state index in [1.54, 1.807) is 32.9 Å². The number of hydrogen-bond acceptors (Lipinski definition) is 5. The van der Waals surface area contributed by atoms with Crippen molar-refractivity contribution in [2.24, 2.45) is 5.11 Å². The van der Waals surface area contributed by atoms with Crippen LogP contribution in [-0.4, -0.2) is 30.5 Å². The lowest BCUT2D eigenvalue weighted by Gasteiger charge is -2.20. The number of anilines is 1. The van der Waals surface area contributed by atoms with E-state index in [2.05, 4.69) is 15.3 Å². The second-order valence-corrected chi connectivity index (χ2v) is 5.53. The smallest absolute Gasteiger partial charge is 0.412 e. The van der Waals surface area contributed by atoms with Gasteiger partial charge in [-0.15, -0.1) is 0 Å². The van der Waals surface area contributed by atoms with Crippen molar-refractivity contribution >= 4 is 11.8 Å². The molecule has 0 spiro atoms. The van der Waals surface area contributed by atoms with Crippen molar-refractivity contribution < 1.29 is 19.4 Å². The van der Waals surface area contributed by atoms with Gasteiger partial charge < -0.3 is 14.6 Å². The summed E-state index contributed by atoms with van der Waals surface area (Å²) in [7, 11) is 1.41. The molecule has 1 aromatic carbocycles. The average molecular weight is 308 g/mol. The van der Waals surface area contributed by atoms with Crippen LogP contribution in [0.15, 0.2) is 17.2 Å². The lowest BCUT2D eigenvalue weighted by atomic mass is 10.1. The van der Waals surface area contributed by atoms with Gasteiger partial charge in [-0.2, -0.15) is 0 Å². The third-order valence-electron chi connectivity index (χ3n) is 2.55. The summed E-state index contributed by atoms with van der Waals surface area (Å²) in [5.41, 5.74) is 8.56. The first-order valence-corrected chi connectivity index (χ1v) is 6.67. The van der Waals surface area contributed by atoms with Crippen molar-refractivity contribution in [1.29, 1.82) is 0 Å². The molecule has 1 rings (SSSR count). The van der Waals surface area contributed by atoms with E-state index in [1.807, 2.05) is 0 Å². The van der Waals surface area contributed by atoms with Gasteiger partial charge in [-0.05, 0) is 50.4 Å². The first-order valence-electron chi connectivity index (χ1n) is 6.67. The molecule has 0 radical (unpaired) electrons. The maximum atomic E-state index is 11.8. The Balaban J connectivity index is 2.98. The predicted molar refractivity (Wildman–Crippen MR) is 82.2 cm³/mol. The summed E-state index contributed by atoms with van der Waals surface area (Å²) in [6.45, 7) is 5.48. The second kappa shape index (κ2) is 7.42. The highest BCUT2D eigenvalue weighted by atomic mass is 16.6. The lowest BCUT2D eigenvalue weighted by Crippen LogP contribution is -2.27. The van der Waals surface area contributed by atoms with Gasteiger partial charge in [-0.1, -0.05) is 5.11 Å². The molecule has 120 valence electrons. The zero-order valence-electron chi connectivity index (χ0n) is 13.1. The number of azide groups is 1.